The van der Waals surface area contributed by atoms with Crippen molar-refractivity contribution in [1.29, 1.82) is 0 Å². The van der Waals surface area contributed by atoms with E-state index in [1.165, 1.54) is 6.07 Å². The maximum atomic E-state index is 11.8. The molecular formula is C11H13N5O4S. The second-order valence-electron chi connectivity index (χ2n) is 4.07. The van der Waals surface area contributed by atoms with Crippen molar-refractivity contribution in [1.82, 2.24) is 20.0 Å². The monoisotopic (exact) mass is 311 g/mol. The van der Waals surface area contributed by atoms with E-state index in [1.54, 1.807) is 19.9 Å². The molecular weight excluding hydrogens is 298 g/mol. The van der Waals surface area contributed by atoms with Crippen molar-refractivity contribution < 1.29 is 17.9 Å². The van der Waals surface area contributed by atoms with Gasteiger partial charge in [0, 0.05) is 0 Å². The minimum absolute atomic E-state index is 0.0956. The Labute approximate surface area is 120 Å². The molecule has 0 aliphatic carbocycles. The van der Waals surface area contributed by atoms with Crippen LogP contribution in [0.5, 0.6) is 0 Å². The summed E-state index contributed by atoms with van der Waals surface area (Å²) in [5, 5.41) is 16.1. The Morgan fingerprint density at radius 1 is 1.38 bits per heavy atom. The van der Waals surface area contributed by atoms with Crippen molar-refractivity contribution in [3.63, 3.8) is 0 Å². The summed E-state index contributed by atoms with van der Waals surface area (Å²) in [5.74, 6) is -0.701. The standard InChI is InChI=1S/C11H13N5O4S/c1-3-20-11(17)8-6-13-16(10(8)21(12,18)19)9-5-4-7(2)14-15-9/h4-6H,3H2,1-2H3,(H2,12,18,19). The molecule has 0 aromatic carbocycles. The third kappa shape index (κ3) is 3.06. The van der Waals surface area contributed by atoms with E-state index in [2.05, 4.69) is 15.3 Å². The van der Waals surface area contributed by atoms with Crippen molar-refractivity contribution in [2.24, 2.45) is 5.14 Å². The summed E-state index contributed by atoms with van der Waals surface area (Å²) in [5.41, 5.74) is 0.399. The van der Waals surface area contributed by atoms with Crippen LogP contribution in [0.15, 0.2) is 23.4 Å². The van der Waals surface area contributed by atoms with Gasteiger partial charge in [-0.1, -0.05) is 0 Å². The molecule has 0 aliphatic rings. The first-order chi connectivity index (χ1) is 9.84. The SMILES string of the molecule is CCOC(=O)c1cnn(-c2ccc(C)nn2)c1S(N)(=O)=O. The fourth-order valence-electron chi connectivity index (χ4n) is 1.63. The number of primary sulfonamides is 1. The molecule has 2 rings (SSSR count). The highest BCUT2D eigenvalue weighted by molar-refractivity contribution is 7.89. The van der Waals surface area contributed by atoms with Gasteiger partial charge in [-0.25, -0.2) is 18.4 Å². The molecule has 0 fully saturated rings. The summed E-state index contributed by atoms with van der Waals surface area (Å²) in [7, 11) is -4.21. The van der Waals surface area contributed by atoms with Gasteiger partial charge in [0.15, 0.2) is 10.8 Å². The van der Waals surface area contributed by atoms with Crippen molar-refractivity contribution in [2.75, 3.05) is 6.61 Å². The fourth-order valence-corrected chi connectivity index (χ4v) is 2.45. The molecule has 0 spiro atoms. The minimum Gasteiger partial charge on any atom is -0.462 e. The van der Waals surface area contributed by atoms with Crippen LogP contribution in [-0.2, 0) is 14.8 Å². The molecule has 0 radical (unpaired) electrons. The molecule has 0 atom stereocenters. The lowest BCUT2D eigenvalue weighted by molar-refractivity contribution is 0.0521. The number of hydrogen-bond acceptors (Lipinski definition) is 7. The van der Waals surface area contributed by atoms with Gasteiger partial charge in [-0.15, -0.1) is 5.10 Å². The van der Waals surface area contributed by atoms with Gasteiger partial charge in [0.2, 0.25) is 0 Å². The van der Waals surface area contributed by atoms with Crippen LogP contribution in [0.1, 0.15) is 23.0 Å². The number of hydrogen-bond donors (Lipinski definition) is 1. The second-order valence-corrected chi connectivity index (χ2v) is 5.55. The Kier molecular flexibility index (Phi) is 4.00. The number of sulfonamides is 1. The van der Waals surface area contributed by atoms with Crippen LogP contribution in [0.4, 0.5) is 0 Å². The number of carbonyl (C=O) groups excluding carboxylic acids is 1. The lowest BCUT2D eigenvalue weighted by Crippen LogP contribution is -2.21. The van der Waals surface area contributed by atoms with Crippen molar-refractivity contribution in [2.45, 2.75) is 18.9 Å². The van der Waals surface area contributed by atoms with Crippen LogP contribution < -0.4 is 5.14 Å². The first-order valence-electron chi connectivity index (χ1n) is 5.93. The van der Waals surface area contributed by atoms with Gasteiger partial charge in [0.1, 0.15) is 5.56 Å². The first-order valence-corrected chi connectivity index (χ1v) is 7.48. The Hall–Kier alpha value is -2.33. The number of carbonyl (C=O) groups is 1. The fraction of sp³-hybridized carbons (Fsp3) is 0.273. The molecule has 0 aliphatic heterocycles. The molecule has 0 unspecified atom stereocenters. The maximum absolute atomic E-state index is 11.8. The number of aryl methyl sites for hydroxylation is 1. The molecule has 0 amide bonds. The summed E-state index contributed by atoms with van der Waals surface area (Å²) in [6.45, 7) is 3.42. The molecule has 0 saturated carbocycles. The number of rotatable bonds is 4. The van der Waals surface area contributed by atoms with Gasteiger partial charge in [0.05, 0.1) is 18.5 Å². The van der Waals surface area contributed by atoms with E-state index >= 15 is 0 Å². The van der Waals surface area contributed by atoms with Crippen LogP contribution >= 0.6 is 0 Å². The molecule has 10 heteroatoms. The van der Waals surface area contributed by atoms with Crippen molar-refractivity contribution >= 4 is 16.0 Å². The predicted octanol–water partition coefficient (Wildman–Crippen LogP) is -0.205. The molecule has 0 saturated heterocycles. The lowest BCUT2D eigenvalue weighted by atomic mass is 10.4. The van der Waals surface area contributed by atoms with Crippen LogP contribution in [-0.4, -0.2) is 41.0 Å². The van der Waals surface area contributed by atoms with Crippen molar-refractivity contribution in [3.8, 4) is 5.82 Å². The maximum Gasteiger partial charge on any atom is 0.342 e. The minimum atomic E-state index is -4.21. The van der Waals surface area contributed by atoms with Gasteiger partial charge >= 0.3 is 5.97 Å². The lowest BCUT2D eigenvalue weighted by Gasteiger charge is -2.06. The van der Waals surface area contributed by atoms with Gasteiger partial charge in [-0.3, -0.25) is 0 Å². The van der Waals surface area contributed by atoms with E-state index in [0.717, 1.165) is 10.9 Å². The quantitative estimate of drug-likeness (QED) is 0.773. The summed E-state index contributed by atoms with van der Waals surface area (Å²) in [4.78, 5) is 11.8. The summed E-state index contributed by atoms with van der Waals surface area (Å²) in [6, 6.07) is 3.14. The molecule has 2 N–H and O–H groups in total. The molecule has 9 nitrogen and oxygen atoms in total. The van der Waals surface area contributed by atoms with Crippen LogP contribution in [0.3, 0.4) is 0 Å². The number of nitrogens with two attached hydrogens (primary N) is 1. The third-order valence-corrected chi connectivity index (χ3v) is 3.42. The topological polar surface area (TPSA) is 130 Å². The first kappa shape index (κ1) is 15.1. The smallest absolute Gasteiger partial charge is 0.342 e. The number of nitrogens with zero attached hydrogens (tertiary/aromatic N) is 4. The summed E-state index contributed by atoms with van der Waals surface area (Å²) in [6.07, 6.45) is 1.07. The van der Waals surface area contributed by atoms with Gasteiger partial charge in [0.25, 0.3) is 10.0 Å². The van der Waals surface area contributed by atoms with Gasteiger partial charge in [-0.2, -0.15) is 14.9 Å². The number of ether oxygens (including phenoxy) is 1. The van der Waals surface area contributed by atoms with Crippen molar-refractivity contribution in [3.05, 3.63) is 29.6 Å². The number of aromatic nitrogens is 4. The molecule has 112 valence electrons. The highest BCUT2D eigenvalue weighted by Gasteiger charge is 2.28. The van der Waals surface area contributed by atoms with E-state index in [1.807, 2.05) is 0 Å². The van der Waals surface area contributed by atoms with E-state index in [9.17, 15) is 13.2 Å². The Morgan fingerprint density at radius 2 is 2.10 bits per heavy atom. The normalized spacial score (nSPS) is 11.4. The van der Waals surface area contributed by atoms with Crippen LogP contribution in [0.25, 0.3) is 5.82 Å². The zero-order chi connectivity index (χ0) is 15.6. The van der Waals surface area contributed by atoms with E-state index < -0.39 is 21.0 Å². The van der Waals surface area contributed by atoms with E-state index in [-0.39, 0.29) is 18.0 Å². The highest BCUT2D eigenvalue weighted by atomic mass is 32.2. The second kappa shape index (κ2) is 5.58. The third-order valence-electron chi connectivity index (χ3n) is 2.49. The van der Waals surface area contributed by atoms with E-state index in [4.69, 9.17) is 9.88 Å². The zero-order valence-electron chi connectivity index (χ0n) is 11.3. The average Bonchev–Trinajstić information content (AvgIpc) is 2.84. The summed E-state index contributed by atoms with van der Waals surface area (Å²) >= 11 is 0. The number of esters is 1. The Morgan fingerprint density at radius 3 is 2.62 bits per heavy atom. The van der Waals surface area contributed by atoms with Crippen LogP contribution in [0, 0.1) is 6.92 Å². The molecule has 2 heterocycles. The van der Waals surface area contributed by atoms with Gasteiger partial charge < -0.3 is 4.74 Å². The molecule has 2 aromatic rings. The van der Waals surface area contributed by atoms with Crippen LogP contribution in [0.2, 0.25) is 0 Å². The predicted molar refractivity (Wildman–Crippen MR) is 71.2 cm³/mol. The van der Waals surface area contributed by atoms with Gasteiger partial charge in [-0.05, 0) is 26.0 Å². The average molecular weight is 311 g/mol. The summed E-state index contributed by atoms with van der Waals surface area (Å²) < 4.78 is 29.2. The molecule has 21 heavy (non-hydrogen) atoms. The Balaban J connectivity index is 2.63. The molecule has 0 bridgehead atoms. The highest BCUT2D eigenvalue weighted by Crippen LogP contribution is 2.18. The zero-order valence-corrected chi connectivity index (χ0v) is 12.2. The van der Waals surface area contributed by atoms with E-state index in [0.29, 0.717) is 5.69 Å². The molecule has 2 aromatic heterocycles. The largest absolute Gasteiger partial charge is 0.462 e. The Bertz CT molecular complexity index is 766.